The lowest BCUT2D eigenvalue weighted by molar-refractivity contribution is -0.120. The molecule has 6 heteroatoms. The topological polar surface area (TPSA) is 73.2 Å². The van der Waals surface area contributed by atoms with Crippen LogP contribution in [0.1, 0.15) is 5.56 Å². The Hall–Kier alpha value is -2.89. The standard InChI is InChI=1S/C15H15N3O3/c19-12-21-14-3-1-2-13(10-14)4-5-15(20)17-7-9-18-8-6-16-11-18/h1-6,8,10-12H,7,9H2,(H,17,20)/b5-4+. The fraction of sp³-hybridized carbons (Fsp3) is 0.133. The molecule has 1 heterocycles. The zero-order chi connectivity index (χ0) is 14.9. The van der Waals surface area contributed by atoms with E-state index in [0.717, 1.165) is 5.56 Å². The molecule has 0 atom stereocenters. The summed E-state index contributed by atoms with van der Waals surface area (Å²) in [6.45, 7) is 1.56. The van der Waals surface area contributed by atoms with Crippen molar-refractivity contribution in [1.29, 1.82) is 0 Å². The van der Waals surface area contributed by atoms with Crippen LogP contribution in [0.2, 0.25) is 0 Å². The summed E-state index contributed by atoms with van der Waals surface area (Å²) < 4.78 is 6.62. The molecule has 108 valence electrons. The maximum absolute atomic E-state index is 11.6. The zero-order valence-corrected chi connectivity index (χ0v) is 11.3. The van der Waals surface area contributed by atoms with E-state index in [1.807, 2.05) is 16.8 Å². The minimum atomic E-state index is -0.183. The highest BCUT2D eigenvalue weighted by Gasteiger charge is 1.97. The van der Waals surface area contributed by atoms with Crippen molar-refractivity contribution < 1.29 is 14.3 Å². The Morgan fingerprint density at radius 2 is 2.33 bits per heavy atom. The van der Waals surface area contributed by atoms with Crippen LogP contribution in [-0.4, -0.2) is 28.5 Å². The Kier molecular flexibility index (Phi) is 5.28. The number of aromatic nitrogens is 2. The number of hydrogen-bond donors (Lipinski definition) is 1. The van der Waals surface area contributed by atoms with Gasteiger partial charge in [0, 0.05) is 31.6 Å². The van der Waals surface area contributed by atoms with Gasteiger partial charge in [-0.05, 0) is 23.8 Å². The van der Waals surface area contributed by atoms with Gasteiger partial charge in [-0.25, -0.2) is 4.98 Å². The molecular formula is C15H15N3O3. The van der Waals surface area contributed by atoms with Gasteiger partial charge in [0.1, 0.15) is 5.75 Å². The van der Waals surface area contributed by atoms with Gasteiger partial charge < -0.3 is 14.6 Å². The van der Waals surface area contributed by atoms with E-state index in [4.69, 9.17) is 4.74 Å². The molecule has 2 rings (SSSR count). The number of rotatable bonds is 7. The van der Waals surface area contributed by atoms with Crippen molar-refractivity contribution >= 4 is 18.5 Å². The molecular weight excluding hydrogens is 270 g/mol. The molecule has 0 radical (unpaired) electrons. The molecule has 0 unspecified atom stereocenters. The molecule has 2 aromatic rings. The molecule has 1 aromatic heterocycles. The molecule has 0 fully saturated rings. The minimum absolute atomic E-state index is 0.183. The van der Waals surface area contributed by atoms with Crippen molar-refractivity contribution in [3.8, 4) is 5.75 Å². The molecule has 0 saturated carbocycles. The van der Waals surface area contributed by atoms with Crippen LogP contribution in [0.3, 0.4) is 0 Å². The van der Waals surface area contributed by atoms with E-state index >= 15 is 0 Å². The molecule has 1 N–H and O–H groups in total. The first kappa shape index (κ1) is 14.5. The van der Waals surface area contributed by atoms with Crippen molar-refractivity contribution in [3.05, 3.63) is 54.6 Å². The quantitative estimate of drug-likeness (QED) is 0.614. The first-order valence-corrected chi connectivity index (χ1v) is 6.40. The first-order valence-electron chi connectivity index (χ1n) is 6.40. The molecule has 6 nitrogen and oxygen atoms in total. The highest BCUT2D eigenvalue weighted by atomic mass is 16.5. The summed E-state index contributed by atoms with van der Waals surface area (Å²) in [6, 6.07) is 6.89. The molecule has 1 aromatic carbocycles. The van der Waals surface area contributed by atoms with Crippen molar-refractivity contribution in [2.75, 3.05) is 6.54 Å². The minimum Gasteiger partial charge on any atom is -0.429 e. The predicted octanol–water partition coefficient (Wildman–Crippen LogP) is 1.25. The first-order chi connectivity index (χ1) is 10.3. The van der Waals surface area contributed by atoms with Crippen LogP contribution in [0.15, 0.2) is 49.1 Å². The molecule has 21 heavy (non-hydrogen) atoms. The number of ether oxygens (including phenoxy) is 1. The fourth-order valence-corrected chi connectivity index (χ4v) is 1.71. The summed E-state index contributed by atoms with van der Waals surface area (Å²) in [7, 11) is 0. The Morgan fingerprint density at radius 3 is 3.10 bits per heavy atom. The second-order valence-corrected chi connectivity index (χ2v) is 4.21. The summed E-state index contributed by atoms with van der Waals surface area (Å²) in [5.41, 5.74) is 0.777. The third kappa shape index (κ3) is 4.94. The van der Waals surface area contributed by atoms with Crippen molar-refractivity contribution in [1.82, 2.24) is 14.9 Å². The van der Waals surface area contributed by atoms with E-state index in [2.05, 4.69) is 10.3 Å². The van der Waals surface area contributed by atoms with Crippen LogP contribution >= 0.6 is 0 Å². The Morgan fingerprint density at radius 1 is 1.43 bits per heavy atom. The van der Waals surface area contributed by atoms with Gasteiger partial charge >= 0.3 is 0 Å². The summed E-state index contributed by atoms with van der Waals surface area (Å²) >= 11 is 0. The van der Waals surface area contributed by atoms with Gasteiger partial charge in [-0.1, -0.05) is 12.1 Å². The molecule has 1 amide bonds. The lowest BCUT2D eigenvalue weighted by Crippen LogP contribution is -2.25. The highest BCUT2D eigenvalue weighted by molar-refractivity contribution is 5.91. The number of benzene rings is 1. The molecule has 0 aliphatic rings. The number of amides is 1. The van der Waals surface area contributed by atoms with Gasteiger partial charge in [0.15, 0.2) is 0 Å². The highest BCUT2D eigenvalue weighted by Crippen LogP contribution is 2.13. The Bertz CT molecular complexity index is 621. The van der Waals surface area contributed by atoms with Gasteiger partial charge in [0.05, 0.1) is 6.33 Å². The Labute approximate surface area is 122 Å². The largest absolute Gasteiger partial charge is 0.429 e. The van der Waals surface area contributed by atoms with Crippen molar-refractivity contribution in [3.63, 3.8) is 0 Å². The maximum Gasteiger partial charge on any atom is 0.298 e. The number of carbonyl (C=O) groups excluding carboxylic acids is 2. The average molecular weight is 285 g/mol. The summed E-state index contributed by atoms with van der Waals surface area (Å²) in [5.74, 6) is 0.254. The third-order valence-electron chi connectivity index (χ3n) is 2.70. The summed E-state index contributed by atoms with van der Waals surface area (Å²) in [4.78, 5) is 25.8. The smallest absolute Gasteiger partial charge is 0.298 e. The van der Waals surface area contributed by atoms with E-state index in [1.54, 1.807) is 36.8 Å². The molecule has 0 bridgehead atoms. The number of imidazole rings is 1. The van der Waals surface area contributed by atoms with Crippen LogP contribution in [0.5, 0.6) is 5.75 Å². The second kappa shape index (κ2) is 7.64. The normalized spacial score (nSPS) is 10.5. The van der Waals surface area contributed by atoms with Gasteiger partial charge in [-0.2, -0.15) is 0 Å². The molecule has 0 spiro atoms. The monoisotopic (exact) mass is 285 g/mol. The average Bonchev–Trinajstić information content (AvgIpc) is 2.99. The third-order valence-corrected chi connectivity index (χ3v) is 2.70. The SMILES string of the molecule is O=COc1cccc(/C=C/C(=O)NCCn2ccnc2)c1. The zero-order valence-electron chi connectivity index (χ0n) is 11.3. The Balaban J connectivity index is 1.81. The van der Waals surface area contributed by atoms with Crippen LogP contribution in [-0.2, 0) is 16.1 Å². The van der Waals surface area contributed by atoms with Gasteiger partial charge in [0.2, 0.25) is 5.91 Å². The van der Waals surface area contributed by atoms with Gasteiger partial charge in [-0.3, -0.25) is 9.59 Å². The molecule has 0 aliphatic carbocycles. The lowest BCUT2D eigenvalue weighted by Gasteiger charge is -2.03. The van der Waals surface area contributed by atoms with Crippen LogP contribution in [0, 0.1) is 0 Å². The summed E-state index contributed by atoms with van der Waals surface area (Å²) in [5, 5.41) is 2.77. The van der Waals surface area contributed by atoms with Crippen LogP contribution in [0.25, 0.3) is 6.08 Å². The number of hydrogen-bond acceptors (Lipinski definition) is 4. The number of carbonyl (C=O) groups is 2. The van der Waals surface area contributed by atoms with Gasteiger partial charge in [-0.15, -0.1) is 0 Å². The van der Waals surface area contributed by atoms with E-state index in [-0.39, 0.29) is 5.91 Å². The van der Waals surface area contributed by atoms with E-state index in [1.165, 1.54) is 6.08 Å². The van der Waals surface area contributed by atoms with Crippen molar-refractivity contribution in [2.24, 2.45) is 0 Å². The number of nitrogens with zero attached hydrogens (tertiary/aromatic N) is 2. The lowest BCUT2D eigenvalue weighted by atomic mass is 10.2. The van der Waals surface area contributed by atoms with Crippen LogP contribution in [0.4, 0.5) is 0 Å². The molecule has 0 saturated heterocycles. The van der Waals surface area contributed by atoms with E-state index in [0.29, 0.717) is 25.3 Å². The summed E-state index contributed by atoms with van der Waals surface area (Å²) in [6.07, 6.45) is 8.31. The maximum atomic E-state index is 11.6. The number of nitrogens with one attached hydrogen (secondary N) is 1. The van der Waals surface area contributed by atoms with E-state index < -0.39 is 0 Å². The van der Waals surface area contributed by atoms with Crippen LogP contribution < -0.4 is 10.1 Å². The molecule has 0 aliphatic heterocycles. The fourth-order valence-electron chi connectivity index (χ4n) is 1.71. The second-order valence-electron chi connectivity index (χ2n) is 4.21. The predicted molar refractivity (Wildman–Crippen MR) is 77.4 cm³/mol. The van der Waals surface area contributed by atoms with Crippen molar-refractivity contribution in [2.45, 2.75) is 6.54 Å². The van der Waals surface area contributed by atoms with E-state index in [9.17, 15) is 9.59 Å². The van der Waals surface area contributed by atoms with Gasteiger partial charge in [0.25, 0.3) is 6.47 Å².